The summed E-state index contributed by atoms with van der Waals surface area (Å²) in [5.41, 5.74) is 6.00. The van der Waals surface area contributed by atoms with Crippen LogP contribution in [0.3, 0.4) is 0 Å². The van der Waals surface area contributed by atoms with Crippen molar-refractivity contribution in [3.05, 3.63) is 94.9 Å². The number of hydrogen-bond acceptors (Lipinski definition) is 7. The van der Waals surface area contributed by atoms with Crippen molar-refractivity contribution in [2.45, 2.75) is 32.1 Å². The summed E-state index contributed by atoms with van der Waals surface area (Å²) in [6.45, 7) is 4.80. The number of ether oxygens (including phenoxy) is 4. The number of aryl methyl sites for hydroxylation is 2. The van der Waals surface area contributed by atoms with Crippen molar-refractivity contribution in [3.8, 4) is 5.75 Å². The number of benzene rings is 2. The fraction of sp³-hybridized carbons (Fsp3) is 0.310. The molecule has 2 aromatic carbocycles. The normalized spacial score (nSPS) is 18.8. The third-order valence-corrected chi connectivity index (χ3v) is 6.85. The smallest absolute Gasteiger partial charge is 0.338 e. The van der Waals surface area contributed by atoms with E-state index in [0.29, 0.717) is 24.5 Å². The third kappa shape index (κ3) is 4.77. The van der Waals surface area contributed by atoms with Gasteiger partial charge in [0, 0.05) is 24.6 Å². The summed E-state index contributed by atoms with van der Waals surface area (Å²) in [4.78, 5) is 18.2. The molecule has 0 amide bonds. The molecule has 1 aliphatic rings. The van der Waals surface area contributed by atoms with Gasteiger partial charge in [-0.2, -0.15) is 0 Å². The molecule has 0 saturated heterocycles. The molecule has 8 nitrogen and oxygen atoms in total. The van der Waals surface area contributed by atoms with Crippen LogP contribution in [-0.4, -0.2) is 48.9 Å². The van der Waals surface area contributed by atoms with E-state index in [4.69, 9.17) is 23.9 Å². The van der Waals surface area contributed by atoms with Crippen molar-refractivity contribution < 1.29 is 23.7 Å². The molecule has 192 valence electrons. The van der Waals surface area contributed by atoms with Gasteiger partial charge in [-0.25, -0.2) is 9.78 Å². The van der Waals surface area contributed by atoms with Crippen molar-refractivity contribution in [1.29, 1.82) is 0 Å². The van der Waals surface area contributed by atoms with Gasteiger partial charge in [0.05, 0.1) is 43.3 Å². The summed E-state index contributed by atoms with van der Waals surface area (Å²) in [6, 6.07) is 18.5. The Labute approximate surface area is 216 Å². The largest absolute Gasteiger partial charge is 0.497 e. The van der Waals surface area contributed by atoms with E-state index in [9.17, 15) is 4.79 Å². The van der Waals surface area contributed by atoms with Crippen LogP contribution in [0.4, 0.5) is 5.69 Å². The van der Waals surface area contributed by atoms with E-state index in [1.807, 2.05) is 56.4 Å². The first kappa shape index (κ1) is 24.8. The highest BCUT2D eigenvalue weighted by Gasteiger charge is 2.42. The fourth-order valence-corrected chi connectivity index (χ4v) is 4.75. The van der Waals surface area contributed by atoms with Gasteiger partial charge in [-0.15, -0.1) is 0 Å². The number of methoxy groups -OCH3 is 2. The molecule has 0 fully saturated rings. The molecule has 0 bridgehead atoms. The van der Waals surface area contributed by atoms with Crippen LogP contribution in [0.15, 0.2) is 66.9 Å². The van der Waals surface area contributed by atoms with Crippen molar-refractivity contribution in [2.75, 3.05) is 32.8 Å². The first-order chi connectivity index (χ1) is 18.0. The van der Waals surface area contributed by atoms with Gasteiger partial charge >= 0.3 is 5.97 Å². The molecule has 2 aromatic heterocycles. The molecule has 0 saturated carbocycles. The second-order valence-electron chi connectivity index (χ2n) is 9.04. The number of aromatic nitrogens is 2. The minimum atomic E-state index is -0.652. The lowest BCUT2D eigenvalue weighted by Crippen LogP contribution is -2.41. The number of nitrogens with zero attached hydrogens (tertiary/aromatic N) is 2. The monoisotopic (exact) mass is 501 g/mol. The highest BCUT2D eigenvalue weighted by atomic mass is 16.6. The highest BCUT2D eigenvalue weighted by Crippen LogP contribution is 2.44. The van der Waals surface area contributed by atoms with Crippen LogP contribution in [0.5, 0.6) is 5.75 Å². The summed E-state index contributed by atoms with van der Waals surface area (Å²) in [5.74, 6) is 0.231. The van der Waals surface area contributed by atoms with Crippen LogP contribution in [0.2, 0.25) is 0 Å². The molecule has 4 aromatic rings. The molecule has 0 spiro atoms. The number of anilines is 1. The number of pyridine rings is 1. The van der Waals surface area contributed by atoms with Gasteiger partial charge in [0.1, 0.15) is 11.9 Å². The van der Waals surface area contributed by atoms with Gasteiger partial charge in [-0.1, -0.05) is 30.3 Å². The van der Waals surface area contributed by atoms with E-state index in [0.717, 1.165) is 33.8 Å². The van der Waals surface area contributed by atoms with Crippen LogP contribution in [-0.2, 0) is 14.2 Å². The SMILES string of the molecule is COCCO[C@@H]1c2ccn3c(C)c(C)nc3c2N[C@H](c2ccccc2)[C@H]1OC(=O)c1ccc(OC)cc1. The Hall–Kier alpha value is -3.88. The van der Waals surface area contributed by atoms with E-state index in [1.54, 1.807) is 38.5 Å². The molecular weight excluding hydrogens is 470 g/mol. The Morgan fingerprint density at radius 3 is 2.46 bits per heavy atom. The average Bonchev–Trinajstić information content (AvgIpc) is 3.23. The van der Waals surface area contributed by atoms with Crippen LogP contribution in [0.1, 0.15) is 45.0 Å². The first-order valence-corrected chi connectivity index (χ1v) is 12.3. The lowest BCUT2D eigenvalue weighted by molar-refractivity contribution is -0.0742. The Morgan fingerprint density at radius 1 is 1.00 bits per heavy atom. The molecule has 1 N–H and O–H groups in total. The summed E-state index contributed by atoms with van der Waals surface area (Å²) in [5, 5.41) is 3.65. The third-order valence-electron chi connectivity index (χ3n) is 6.85. The van der Waals surface area contributed by atoms with Crippen molar-refractivity contribution in [1.82, 2.24) is 9.38 Å². The van der Waals surface area contributed by atoms with Crippen molar-refractivity contribution in [3.63, 3.8) is 0 Å². The summed E-state index contributed by atoms with van der Waals surface area (Å²) < 4.78 is 25.1. The van der Waals surface area contributed by atoms with Gasteiger partial charge in [0.25, 0.3) is 0 Å². The lowest BCUT2D eigenvalue weighted by Gasteiger charge is -2.40. The van der Waals surface area contributed by atoms with Crippen LogP contribution in [0.25, 0.3) is 5.65 Å². The second kappa shape index (κ2) is 10.6. The highest BCUT2D eigenvalue weighted by molar-refractivity contribution is 5.90. The number of carbonyl (C=O) groups is 1. The number of nitrogens with one attached hydrogen (secondary N) is 1. The summed E-state index contributed by atoms with van der Waals surface area (Å²) in [6.07, 6.45) is 0.797. The quantitative estimate of drug-likeness (QED) is 0.267. The Balaban J connectivity index is 1.60. The van der Waals surface area contributed by atoms with Gasteiger partial charge in [0.2, 0.25) is 0 Å². The molecule has 0 unspecified atom stereocenters. The molecule has 3 atom stereocenters. The van der Waals surface area contributed by atoms with Crippen LogP contribution >= 0.6 is 0 Å². The number of hydrogen-bond donors (Lipinski definition) is 1. The summed E-state index contributed by atoms with van der Waals surface area (Å²) >= 11 is 0. The predicted molar refractivity (Wildman–Crippen MR) is 140 cm³/mol. The molecule has 1 aliphatic heterocycles. The molecular formula is C29H31N3O5. The van der Waals surface area contributed by atoms with Crippen molar-refractivity contribution in [2.24, 2.45) is 0 Å². The fourth-order valence-electron chi connectivity index (χ4n) is 4.75. The number of esters is 1. The van der Waals surface area contributed by atoms with Gasteiger partial charge in [0.15, 0.2) is 11.8 Å². The minimum Gasteiger partial charge on any atom is -0.497 e. The van der Waals surface area contributed by atoms with E-state index < -0.39 is 18.2 Å². The topological polar surface area (TPSA) is 83.3 Å². The zero-order valence-electron chi connectivity index (χ0n) is 21.4. The Morgan fingerprint density at radius 2 is 1.76 bits per heavy atom. The minimum absolute atomic E-state index is 0.344. The van der Waals surface area contributed by atoms with E-state index >= 15 is 0 Å². The van der Waals surface area contributed by atoms with Gasteiger partial charge < -0.3 is 28.7 Å². The average molecular weight is 502 g/mol. The number of carbonyl (C=O) groups excluding carboxylic acids is 1. The molecule has 8 heteroatoms. The Kier molecular flexibility index (Phi) is 7.12. The maximum absolute atomic E-state index is 13.3. The lowest BCUT2D eigenvalue weighted by atomic mass is 9.88. The van der Waals surface area contributed by atoms with Gasteiger partial charge in [-0.05, 0) is 49.7 Å². The number of imidazole rings is 1. The van der Waals surface area contributed by atoms with Crippen LogP contribution in [0, 0.1) is 13.8 Å². The molecule has 5 rings (SSSR count). The molecule has 0 aliphatic carbocycles. The summed E-state index contributed by atoms with van der Waals surface area (Å²) in [7, 11) is 3.22. The van der Waals surface area contributed by atoms with E-state index in [1.165, 1.54) is 0 Å². The molecule has 0 radical (unpaired) electrons. The predicted octanol–water partition coefficient (Wildman–Crippen LogP) is 5.06. The second-order valence-corrected chi connectivity index (χ2v) is 9.04. The molecule has 3 heterocycles. The van der Waals surface area contributed by atoms with Crippen molar-refractivity contribution >= 4 is 17.3 Å². The maximum Gasteiger partial charge on any atom is 0.338 e. The zero-order chi connectivity index (χ0) is 25.9. The molecule has 37 heavy (non-hydrogen) atoms. The van der Waals surface area contributed by atoms with Gasteiger partial charge in [-0.3, -0.25) is 0 Å². The zero-order valence-corrected chi connectivity index (χ0v) is 21.4. The van der Waals surface area contributed by atoms with E-state index in [2.05, 4.69) is 9.72 Å². The number of rotatable bonds is 8. The maximum atomic E-state index is 13.3. The Bertz CT molecular complexity index is 1380. The first-order valence-electron chi connectivity index (χ1n) is 12.3. The van der Waals surface area contributed by atoms with Crippen LogP contribution < -0.4 is 10.1 Å². The standard InChI is InChI=1S/C29H31N3O5/c1-18-19(2)32-15-14-23-25(28(32)30-18)31-24(20-8-6-5-7-9-20)27(26(23)36-17-16-34-3)37-29(33)21-10-12-22(35-4)13-11-21/h5-15,24,26-27,31H,16-17H2,1-4H3/t24-,26-,27-/m1/s1. The number of fused-ring (bicyclic) bond motifs is 3. The van der Waals surface area contributed by atoms with E-state index in [-0.39, 0.29) is 6.04 Å².